The van der Waals surface area contributed by atoms with Crippen LogP contribution in [0, 0.1) is 0 Å². The Bertz CT molecular complexity index is 800. The van der Waals surface area contributed by atoms with Crippen molar-refractivity contribution in [3.63, 3.8) is 0 Å². The Hall–Kier alpha value is -2.82. The summed E-state index contributed by atoms with van der Waals surface area (Å²) in [5.41, 5.74) is 2.33. The zero-order valence-corrected chi connectivity index (χ0v) is 18.4. The second-order valence-corrected chi connectivity index (χ2v) is 7.73. The Balaban J connectivity index is 1.82. The molecule has 0 saturated carbocycles. The van der Waals surface area contributed by atoms with Crippen LogP contribution in [0.25, 0.3) is 0 Å². The minimum absolute atomic E-state index is 0.0905. The maximum absolute atomic E-state index is 12.5. The van der Waals surface area contributed by atoms with Crippen LogP contribution in [0.5, 0.6) is 5.75 Å². The molecule has 1 N–H and O–H groups in total. The summed E-state index contributed by atoms with van der Waals surface area (Å²) in [5, 5.41) is 2.93. The number of carbonyl (C=O) groups excluding carboxylic acids is 2. The lowest BCUT2D eigenvalue weighted by Crippen LogP contribution is -2.21. The molecular formula is C25H34N2O3. The second kappa shape index (κ2) is 12.7. The van der Waals surface area contributed by atoms with Crippen molar-refractivity contribution in [2.45, 2.75) is 51.9 Å². The van der Waals surface area contributed by atoms with E-state index in [9.17, 15) is 9.59 Å². The molecule has 0 fully saturated rings. The molecule has 0 aliphatic heterocycles. The van der Waals surface area contributed by atoms with Crippen LogP contribution in [0.3, 0.4) is 0 Å². The van der Waals surface area contributed by atoms with Crippen LogP contribution in [0.4, 0.5) is 5.69 Å². The number of ether oxygens (including phenoxy) is 1. The van der Waals surface area contributed by atoms with E-state index in [1.54, 1.807) is 31.1 Å². The number of nitrogens with zero attached hydrogens (tertiary/aromatic N) is 1. The number of amides is 2. The van der Waals surface area contributed by atoms with Gasteiger partial charge in [0.2, 0.25) is 5.91 Å². The fraction of sp³-hybridized carbons (Fsp3) is 0.440. The van der Waals surface area contributed by atoms with Crippen molar-refractivity contribution in [1.29, 1.82) is 0 Å². The van der Waals surface area contributed by atoms with E-state index in [0.717, 1.165) is 23.4 Å². The summed E-state index contributed by atoms with van der Waals surface area (Å²) in [6.45, 7) is 2.91. The minimum Gasteiger partial charge on any atom is -0.494 e. The van der Waals surface area contributed by atoms with Gasteiger partial charge in [0.1, 0.15) is 5.75 Å². The Morgan fingerprint density at radius 1 is 0.967 bits per heavy atom. The average molecular weight is 411 g/mol. The van der Waals surface area contributed by atoms with Gasteiger partial charge < -0.3 is 15.0 Å². The summed E-state index contributed by atoms with van der Waals surface area (Å²) in [5.74, 6) is 0.713. The Morgan fingerprint density at radius 2 is 1.70 bits per heavy atom. The molecule has 0 spiro atoms. The number of hydrogen-bond donors (Lipinski definition) is 1. The van der Waals surface area contributed by atoms with Crippen molar-refractivity contribution in [3.8, 4) is 5.75 Å². The standard InChI is InChI=1S/C25H34N2O3/c1-4-5-6-7-8-18-30-23-15-13-21(14-16-23)25(29)26-22-11-9-10-20(19-22)12-17-24(28)27(2)3/h9-11,13-16,19H,4-8,12,17-18H2,1-3H3,(H,26,29). The molecule has 30 heavy (non-hydrogen) atoms. The lowest BCUT2D eigenvalue weighted by atomic mass is 10.1. The first-order valence-corrected chi connectivity index (χ1v) is 10.8. The molecule has 0 atom stereocenters. The maximum Gasteiger partial charge on any atom is 0.255 e. The van der Waals surface area contributed by atoms with Gasteiger partial charge in [-0.1, -0.05) is 44.7 Å². The second-order valence-electron chi connectivity index (χ2n) is 7.73. The van der Waals surface area contributed by atoms with Gasteiger partial charge >= 0.3 is 0 Å². The molecule has 0 radical (unpaired) electrons. The maximum atomic E-state index is 12.5. The highest BCUT2D eigenvalue weighted by atomic mass is 16.5. The van der Waals surface area contributed by atoms with Crippen LogP contribution in [0.2, 0.25) is 0 Å². The molecule has 2 aromatic carbocycles. The van der Waals surface area contributed by atoms with Gasteiger partial charge in [-0.25, -0.2) is 0 Å². The van der Waals surface area contributed by atoms with E-state index in [-0.39, 0.29) is 11.8 Å². The van der Waals surface area contributed by atoms with E-state index in [4.69, 9.17) is 4.74 Å². The molecule has 0 aromatic heterocycles. The van der Waals surface area contributed by atoms with E-state index in [2.05, 4.69) is 12.2 Å². The van der Waals surface area contributed by atoms with E-state index in [1.807, 2.05) is 36.4 Å². The highest BCUT2D eigenvalue weighted by molar-refractivity contribution is 6.04. The van der Waals surface area contributed by atoms with Crippen molar-refractivity contribution >= 4 is 17.5 Å². The smallest absolute Gasteiger partial charge is 0.255 e. The van der Waals surface area contributed by atoms with Crippen LogP contribution in [-0.2, 0) is 11.2 Å². The van der Waals surface area contributed by atoms with Crippen molar-refractivity contribution < 1.29 is 14.3 Å². The van der Waals surface area contributed by atoms with Crippen LogP contribution in [-0.4, -0.2) is 37.4 Å². The zero-order chi connectivity index (χ0) is 21.8. The molecular weight excluding hydrogens is 376 g/mol. The summed E-state index contributed by atoms with van der Waals surface area (Å²) in [7, 11) is 3.51. The van der Waals surface area contributed by atoms with Crippen molar-refractivity contribution in [2.24, 2.45) is 0 Å². The van der Waals surface area contributed by atoms with E-state index in [0.29, 0.717) is 25.0 Å². The van der Waals surface area contributed by atoms with Crippen molar-refractivity contribution in [3.05, 3.63) is 59.7 Å². The fourth-order valence-electron chi connectivity index (χ4n) is 3.08. The molecule has 0 unspecified atom stereocenters. The van der Waals surface area contributed by atoms with Gasteiger partial charge in [-0.2, -0.15) is 0 Å². The zero-order valence-electron chi connectivity index (χ0n) is 18.4. The molecule has 0 heterocycles. The van der Waals surface area contributed by atoms with Gasteiger partial charge in [0, 0.05) is 31.8 Å². The van der Waals surface area contributed by atoms with Gasteiger partial charge in [-0.3, -0.25) is 9.59 Å². The number of nitrogens with one attached hydrogen (secondary N) is 1. The molecule has 2 rings (SSSR count). The van der Waals surface area contributed by atoms with Crippen LogP contribution in [0.15, 0.2) is 48.5 Å². The van der Waals surface area contributed by atoms with Crippen molar-refractivity contribution in [2.75, 3.05) is 26.0 Å². The highest BCUT2D eigenvalue weighted by Gasteiger charge is 2.08. The number of aryl methyl sites for hydroxylation is 1. The van der Waals surface area contributed by atoms with Gasteiger partial charge in [0.15, 0.2) is 0 Å². The molecule has 5 heteroatoms. The molecule has 0 aliphatic carbocycles. The first-order chi connectivity index (χ1) is 14.5. The number of unbranched alkanes of at least 4 members (excludes halogenated alkanes) is 4. The first-order valence-electron chi connectivity index (χ1n) is 10.8. The third kappa shape index (κ3) is 8.27. The Labute approximate surface area is 180 Å². The summed E-state index contributed by atoms with van der Waals surface area (Å²) in [4.78, 5) is 25.9. The molecule has 2 aromatic rings. The molecule has 0 aliphatic rings. The molecule has 2 amide bonds. The Kier molecular flexibility index (Phi) is 9.92. The lowest BCUT2D eigenvalue weighted by Gasteiger charge is -2.11. The van der Waals surface area contributed by atoms with E-state index >= 15 is 0 Å². The minimum atomic E-state index is -0.164. The lowest BCUT2D eigenvalue weighted by molar-refractivity contribution is -0.128. The van der Waals surface area contributed by atoms with E-state index in [1.165, 1.54) is 25.7 Å². The largest absolute Gasteiger partial charge is 0.494 e. The van der Waals surface area contributed by atoms with Crippen LogP contribution < -0.4 is 10.1 Å². The number of anilines is 1. The number of rotatable bonds is 12. The van der Waals surface area contributed by atoms with Crippen molar-refractivity contribution in [1.82, 2.24) is 4.90 Å². The van der Waals surface area contributed by atoms with Crippen LogP contribution in [0.1, 0.15) is 61.4 Å². The monoisotopic (exact) mass is 410 g/mol. The number of carbonyl (C=O) groups is 2. The first kappa shape index (κ1) is 23.5. The van der Waals surface area contributed by atoms with Gasteiger partial charge in [0.25, 0.3) is 5.91 Å². The summed E-state index contributed by atoms with van der Waals surface area (Å²) >= 11 is 0. The molecule has 162 valence electrons. The van der Waals surface area contributed by atoms with Gasteiger partial charge in [-0.15, -0.1) is 0 Å². The molecule has 0 bridgehead atoms. The summed E-state index contributed by atoms with van der Waals surface area (Å²) in [6, 6.07) is 14.9. The predicted molar refractivity (Wildman–Crippen MR) is 122 cm³/mol. The third-order valence-electron chi connectivity index (χ3n) is 4.94. The third-order valence-corrected chi connectivity index (χ3v) is 4.94. The number of benzene rings is 2. The normalized spacial score (nSPS) is 10.5. The van der Waals surface area contributed by atoms with Gasteiger partial charge in [-0.05, 0) is 54.8 Å². The quantitative estimate of drug-likeness (QED) is 0.483. The fourth-order valence-corrected chi connectivity index (χ4v) is 3.08. The average Bonchev–Trinajstić information content (AvgIpc) is 2.75. The summed E-state index contributed by atoms with van der Waals surface area (Å²) < 4.78 is 5.76. The molecule has 0 saturated heterocycles. The molecule has 5 nitrogen and oxygen atoms in total. The highest BCUT2D eigenvalue weighted by Crippen LogP contribution is 2.17. The number of hydrogen-bond acceptors (Lipinski definition) is 3. The predicted octanol–water partition coefficient (Wildman–Crippen LogP) is 5.31. The topological polar surface area (TPSA) is 58.6 Å². The SMILES string of the molecule is CCCCCCCOc1ccc(C(=O)Nc2cccc(CCC(=O)N(C)C)c2)cc1. The summed E-state index contributed by atoms with van der Waals surface area (Å²) in [6.07, 6.45) is 7.11. The van der Waals surface area contributed by atoms with Crippen LogP contribution >= 0.6 is 0 Å². The van der Waals surface area contributed by atoms with E-state index < -0.39 is 0 Å². The Morgan fingerprint density at radius 3 is 2.40 bits per heavy atom. The van der Waals surface area contributed by atoms with Gasteiger partial charge in [0.05, 0.1) is 6.61 Å².